The summed E-state index contributed by atoms with van der Waals surface area (Å²) >= 11 is 0. The molecule has 0 bridgehead atoms. The Morgan fingerprint density at radius 2 is 1.92 bits per heavy atom. The summed E-state index contributed by atoms with van der Waals surface area (Å²) in [7, 11) is 0. The van der Waals surface area contributed by atoms with Crippen molar-refractivity contribution in [2.24, 2.45) is 5.92 Å². The Morgan fingerprint density at radius 3 is 2.67 bits per heavy atom. The molecule has 1 aromatic carbocycles. The third-order valence-corrected chi connectivity index (χ3v) is 5.75. The molecule has 2 saturated heterocycles. The lowest BCUT2D eigenvalue weighted by molar-refractivity contribution is -0.128. The van der Waals surface area contributed by atoms with Crippen LogP contribution in [0.25, 0.3) is 0 Å². The molecular weight excluding hydrogens is 298 g/mol. The summed E-state index contributed by atoms with van der Waals surface area (Å²) < 4.78 is 0. The molecule has 2 aliphatic rings. The minimum Gasteiger partial charge on any atom is -0.342 e. The van der Waals surface area contributed by atoms with Crippen LogP contribution in [-0.2, 0) is 11.3 Å². The van der Waals surface area contributed by atoms with Gasteiger partial charge in [-0.3, -0.25) is 14.6 Å². The average molecular weight is 329 g/mol. The van der Waals surface area contributed by atoms with Gasteiger partial charge in [0.2, 0.25) is 5.91 Å². The molecule has 0 N–H and O–H groups in total. The highest BCUT2D eigenvalue weighted by atomic mass is 16.2. The summed E-state index contributed by atoms with van der Waals surface area (Å²) in [6, 6.07) is 9.35. The molecule has 132 valence electrons. The van der Waals surface area contributed by atoms with Gasteiger partial charge >= 0.3 is 0 Å². The second-order valence-corrected chi connectivity index (χ2v) is 7.56. The molecule has 1 aromatic rings. The van der Waals surface area contributed by atoms with Gasteiger partial charge in [0.15, 0.2) is 0 Å². The molecule has 0 unspecified atom stereocenters. The van der Waals surface area contributed by atoms with Crippen LogP contribution in [0.5, 0.6) is 0 Å². The summed E-state index contributed by atoms with van der Waals surface area (Å²) in [5, 5.41) is 0. The van der Waals surface area contributed by atoms with E-state index in [1.165, 1.54) is 17.7 Å². The van der Waals surface area contributed by atoms with Crippen LogP contribution in [0.4, 0.5) is 0 Å². The first kappa shape index (κ1) is 17.4. The maximum atomic E-state index is 11.6. The zero-order chi connectivity index (χ0) is 17.1. The van der Waals surface area contributed by atoms with E-state index in [1.54, 1.807) is 6.92 Å². The number of rotatable bonds is 3. The van der Waals surface area contributed by atoms with Gasteiger partial charge < -0.3 is 4.90 Å². The van der Waals surface area contributed by atoms with Gasteiger partial charge in [-0.05, 0) is 30.4 Å². The number of nitrogens with zero attached hydrogens (tertiary/aromatic N) is 3. The molecule has 1 amide bonds. The highest BCUT2D eigenvalue weighted by molar-refractivity contribution is 5.73. The second kappa shape index (κ2) is 7.66. The van der Waals surface area contributed by atoms with Crippen LogP contribution in [0.2, 0.25) is 0 Å². The largest absolute Gasteiger partial charge is 0.342 e. The minimum atomic E-state index is 0.220. The molecule has 2 fully saturated rings. The Hall–Kier alpha value is -1.39. The van der Waals surface area contributed by atoms with Crippen molar-refractivity contribution in [3.63, 3.8) is 0 Å². The van der Waals surface area contributed by atoms with Crippen LogP contribution in [0.3, 0.4) is 0 Å². The Balaban J connectivity index is 1.59. The third-order valence-electron chi connectivity index (χ3n) is 5.75. The maximum absolute atomic E-state index is 11.6. The lowest BCUT2D eigenvalue weighted by atomic mass is 10.0. The lowest BCUT2D eigenvalue weighted by Gasteiger charge is -2.30. The fourth-order valence-electron chi connectivity index (χ4n) is 4.26. The van der Waals surface area contributed by atoms with Crippen LogP contribution in [0.15, 0.2) is 24.3 Å². The van der Waals surface area contributed by atoms with E-state index < -0.39 is 0 Å². The van der Waals surface area contributed by atoms with Gasteiger partial charge in [-0.15, -0.1) is 0 Å². The molecule has 2 heterocycles. The van der Waals surface area contributed by atoms with E-state index >= 15 is 0 Å². The van der Waals surface area contributed by atoms with E-state index in [-0.39, 0.29) is 5.91 Å². The van der Waals surface area contributed by atoms with Gasteiger partial charge in [0.05, 0.1) is 0 Å². The van der Waals surface area contributed by atoms with Crippen molar-refractivity contribution < 1.29 is 4.79 Å². The summed E-state index contributed by atoms with van der Waals surface area (Å²) in [5.41, 5.74) is 2.84. The first-order valence-corrected chi connectivity index (χ1v) is 9.31. The number of aryl methyl sites for hydroxylation is 1. The fourth-order valence-corrected chi connectivity index (χ4v) is 4.26. The highest BCUT2D eigenvalue weighted by Crippen LogP contribution is 2.25. The number of carbonyl (C=O) groups excluding carboxylic acids is 1. The van der Waals surface area contributed by atoms with Crippen LogP contribution < -0.4 is 0 Å². The molecule has 2 aliphatic heterocycles. The standard InChI is InChI=1S/C20H31N3O/c1-16-7-4-5-8-19(16)14-21-13-17(2)20(15-21)23-10-6-9-22(11-12-23)18(3)24/h4-5,7-8,17,20H,6,9-15H2,1-3H3/t17-,20+/m0/s1. The summed E-state index contributed by atoms with van der Waals surface area (Å²) in [6.45, 7) is 13.6. The molecule has 0 aliphatic carbocycles. The van der Waals surface area contributed by atoms with Crippen LogP contribution in [-0.4, -0.2) is 65.9 Å². The fraction of sp³-hybridized carbons (Fsp3) is 0.650. The van der Waals surface area contributed by atoms with E-state index in [2.05, 4.69) is 47.9 Å². The minimum absolute atomic E-state index is 0.220. The van der Waals surface area contributed by atoms with Crippen LogP contribution in [0, 0.1) is 12.8 Å². The van der Waals surface area contributed by atoms with Gasteiger partial charge in [-0.1, -0.05) is 31.2 Å². The number of carbonyl (C=O) groups is 1. The predicted molar refractivity (Wildman–Crippen MR) is 97.9 cm³/mol. The Kier molecular flexibility index (Phi) is 5.57. The smallest absolute Gasteiger partial charge is 0.219 e. The summed E-state index contributed by atoms with van der Waals surface area (Å²) in [4.78, 5) is 18.9. The van der Waals surface area contributed by atoms with Crippen molar-refractivity contribution >= 4 is 5.91 Å². The van der Waals surface area contributed by atoms with E-state index in [9.17, 15) is 4.79 Å². The zero-order valence-corrected chi connectivity index (χ0v) is 15.4. The first-order valence-electron chi connectivity index (χ1n) is 9.31. The molecule has 24 heavy (non-hydrogen) atoms. The van der Waals surface area contributed by atoms with E-state index in [0.717, 1.165) is 45.7 Å². The van der Waals surface area contributed by atoms with Gasteiger partial charge in [-0.25, -0.2) is 0 Å². The van der Waals surface area contributed by atoms with E-state index in [4.69, 9.17) is 0 Å². The molecule has 4 nitrogen and oxygen atoms in total. The molecule has 0 radical (unpaired) electrons. The third kappa shape index (κ3) is 3.98. The quantitative estimate of drug-likeness (QED) is 0.852. The summed E-state index contributed by atoms with van der Waals surface area (Å²) in [6.07, 6.45) is 1.10. The van der Waals surface area contributed by atoms with Crippen molar-refractivity contribution in [1.82, 2.24) is 14.7 Å². The number of likely N-dealkylation sites (tertiary alicyclic amines) is 1. The Bertz CT molecular complexity index is 574. The van der Waals surface area contributed by atoms with Crippen molar-refractivity contribution in [2.45, 2.75) is 39.8 Å². The first-order chi connectivity index (χ1) is 11.5. The van der Waals surface area contributed by atoms with Crippen LogP contribution >= 0.6 is 0 Å². The van der Waals surface area contributed by atoms with Gasteiger partial charge in [0, 0.05) is 58.8 Å². The summed E-state index contributed by atoms with van der Waals surface area (Å²) in [5.74, 6) is 0.912. The molecule has 2 atom stereocenters. The second-order valence-electron chi connectivity index (χ2n) is 7.56. The van der Waals surface area contributed by atoms with Crippen molar-refractivity contribution in [1.29, 1.82) is 0 Å². The molecule has 0 aromatic heterocycles. The number of benzene rings is 1. The number of amides is 1. The molecule has 0 saturated carbocycles. The molecule has 0 spiro atoms. The van der Waals surface area contributed by atoms with Gasteiger partial charge in [0.25, 0.3) is 0 Å². The lowest BCUT2D eigenvalue weighted by Crippen LogP contribution is -2.42. The molecular formula is C20H31N3O. The topological polar surface area (TPSA) is 26.8 Å². The SMILES string of the molecule is CC(=O)N1CCCN([C@@H]2CN(Cc3ccccc3C)C[C@@H]2C)CC1. The number of hydrogen-bond acceptors (Lipinski definition) is 3. The Labute approximate surface area is 146 Å². The highest BCUT2D eigenvalue weighted by Gasteiger charge is 2.34. The average Bonchev–Trinajstić information content (AvgIpc) is 2.76. The molecule has 3 rings (SSSR count). The van der Waals surface area contributed by atoms with Crippen molar-refractivity contribution in [3.05, 3.63) is 35.4 Å². The van der Waals surface area contributed by atoms with Crippen LogP contribution in [0.1, 0.15) is 31.4 Å². The zero-order valence-electron chi connectivity index (χ0n) is 15.4. The Morgan fingerprint density at radius 1 is 1.12 bits per heavy atom. The van der Waals surface area contributed by atoms with Crippen molar-refractivity contribution in [2.75, 3.05) is 39.3 Å². The normalized spacial score (nSPS) is 26.5. The maximum Gasteiger partial charge on any atom is 0.219 e. The number of hydrogen-bond donors (Lipinski definition) is 0. The van der Waals surface area contributed by atoms with Gasteiger partial charge in [-0.2, -0.15) is 0 Å². The van der Waals surface area contributed by atoms with Crippen molar-refractivity contribution in [3.8, 4) is 0 Å². The predicted octanol–water partition coefficient (Wildman–Crippen LogP) is 2.37. The van der Waals surface area contributed by atoms with E-state index in [1.807, 2.05) is 4.90 Å². The molecule has 4 heteroatoms. The van der Waals surface area contributed by atoms with Gasteiger partial charge in [0.1, 0.15) is 0 Å². The van der Waals surface area contributed by atoms with E-state index in [0.29, 0.717) is 12.0 Å². The monoisotopic (exact) mass is 329 g/mol.